The van der Waals surface area contributed by atoms with Crippen LogP contribution in [0.5, 0.6) is 5.75 Å². The van der Waals surface area contributed by atoms with Gasteiger partial charge in [-0.1, -0.05) is 24.2 Å². The lowest BCUT2D eigenvalue weighted by molar-refractivity contribution is 0.365. The van der Waals surface area contributed by atoms with Crippen LogP contribution in [0.4, 0.5) is 0 Å². The fourth-order valence-corrected chi connectivity index (χ4v) is 1.63. The maximum Gasteiger partial charge on any atom is 0.240 e. The molecule has 0 saturated carbocycles. The summed E-state index contributed by atoms with van der Waals surface area (Å²) in [6.45, 7) is 3.53. The quantitative estimate of drug-likeness (QED) is 0.843. The number of hydrogen-bond acceptors (Lipinski definition) is 5. The molecule has 0 bridgehead atoms. The number of nitrogens with one attached hydrogen (secondary N) is 1. The topological polar surface area (TPSA) is 60.2 Å². The molecule has 0 aliphatic carbocycles. The van der Waals surface area contributed by atoms with Gasteiger partial charge in [-0.25, -0.2) is 0 Å². The molecule has 1 heterocycles. The Bertz CT molecular complexity index is 496. The van der Waals surface area contributed by atoms with Gasteiger partial charge in [-0.2, -0.15) is 4.98 Å². The second kappa shape index (κ2) is 6.16. The molecule has 0 aliphatic rings. The van der Waals surface area contributed by atoms with Crippen LogP contribution in [-0.2, 0) is 13.0 Å². The fraction of sp³-hybridized carbons (Fsp3) is 0.385. The number of methoxy groups -OCH3 is 1. The largest absolute Gasteiger partial charge is 0.497 e. The van der Waals surface area contributed by atoms with Crippen LogP contribution in [0.2, 0.25) is 0 Å². The summed E-state index contributed by atoms with van der Waals surface area (Å²) >= 11 is 0. The summed E-state index contributed by atoms with van der Waals surface area (Å²) in [6, 6.07) is 7.85. The van der Waals surface area contributed by atoms with Crippen LogP contribution >= 0.6 is 0 Å². The van der Waals surface area contributed by atoms with Crippen LogP contribution < -0.4 is 10.1 Å². The predicted molar refractivity (Wildman–Crippen MR) is 67.5 cm³/mol. The molecule has 96 valence electrons. The number of benzene rings is 1. The standard InChI is InChI=1S/C13H17N3O2/c1-3-14-9-13-15-12(16-18-13)8-10-5-4-6-11(7-10)17-2/h4-7,14H,3,8-9H2,1-2H3. The number of ether oxygens (including phenoxy) is 1. The second-order valence-corrected chi connectivity index (χ2v) is 3.91. The van der Waals surface area contributed by atoms with E-state index in [4.69, 9.17) is 9.26 Å². The van der Waals surface area contributed by atoms with Gasteiger partial charge in [0.25, 0.3) is 0 Å². The monoisotopic (exact) mass is 247 g/mol. The third-order valence-corrected chi connectivity index (χ3v) is 2.53. The van der Waals surface area contributed by atoms with Crippen LogP contribution in [-0.4, -0.2) is 23.8 Å². The van der Waals surface area contributed by atoms with Crippen LogP contribution in [0.25, 0.3) is 0 Å². The Labute approximate surface area is 106 Å². The highest BCUT2D eigenvalue weighted by molar-refractivity contribution is 5.29. The predicted octanol–water partition coefficient (Wildman–Crippen LogP) is 1.78. The van der Waals surface area contributed by atoms with E-state index in [9.17, 15) is 0 Å². The summed E-state index contributed by atoms with van der Waals surface area (Å²) in [7, 11) is 1.65. The van der Waals surface area contributed by atoms with Gasteiger partial charge in [0.2, 0.25) is 5.89 Å². The van der Waals surface area contributed by atoms with E-state index in [0.717, 1.165) is 17.9 Å². The van der Waals surface area contributed by atoms with Gasteiger partial charge in [0.05, 0.1) is 13.7 Å². The van der Waals surface area contributed by atoms with Crippen LogP contribution in [0.15, 0.2) is 28.8 Å². The lowest BCUT2D eigenvalue weighted by atomic mass is 10.1. The third kappa shape index (κ3) is 3.30. The molecule has 5 heteroatoms. The summed E-state index contributed by atoms with van der Waals surface area (Å²) in [5.41, 5.74) is 1.10. The van der Waals surface area contributed by atoms with Gasteiger partial charge in [0.15, 0.2) is 5.82 Å². The van der Waals surface area contributed by atoms with Crippen molar-refractivity contribution >= 4 is 0 Å². The van der Waals surface area contributed by atoms with Crippen molar-refractivity contribution in [2.75, 3.05) is 13.7 Å². The van der Waals surface area contributed by atoms with E-state index in [1.54, 1.807) is 7.11 Å². The van der Waals surface area contributed by atoms with Gasteiger partial charge in [0.1, 0.15) is 5.75 Å². The lowest BCUT2D eigenvalue weighted by Gasteiger charge is -2.01. The summed E-state index contributed by atoms with van der Waals surface area (Å²) in [5, 5.41) is 7.10. The Morgan fingerprint density at radius 1 is 1.39 bits per heavy atom. The van der Waals surface area contributed by atoms with Gasteiger partial charge in [-0.3, -0.25) is 0 Å². The lowest BCUT2D eigenvalue weighted by Crippen LogP contribution is -2.11. The Morgan fingerprint density at radius 3 is 3.06 bits per heavy atom. The van der Waals surface area contributed by atoms with Gasteiger partial charge < -0.3 is 14.6 Å². The molecule has 0 spiro atoms. The highest BCUT2D eigenvalue weighted by Gasteiger charge is 2.07. The Balaban J connectivity index is 2.01. The summed E-state index contributed by atoms with van der Waals surface area (Å²) in [4.78, 5) is 4.32. The molecule has 0 fully saturated rings. The van der Waals surface area contributed by atoms with E-state index in [0.29, 0.717) is 24.7 Å². The molecule has 0 amide bonds. The van der Waals surface area contributed by atoms with Crippen molar-refractivity contribution in [3.05, 3.63) is 41.5 Å². The number of aromatic nitrogens is 2. The highest BCUT2D eigenvalue weighted by atomic mass is 16.5. The molecule has 0 aliphatic heterocycles. The van der Waals surface area contributed by atoms with Gasteiger partial charge >= 0.3 is 0 Å². The maximum atomic E-state index is 5.18. The average molecular weight is 247 g/mol. The van der Waals surface area contributed by atoms with E-state index < -0.39 is 0 Å². The molecule has 0 unspecified atom stereocenters. The molecule has 2 aromatic rings. The molecule has 0 saturated heterocycles. The zero-order chi connectivity index (χ0) is 12.8. The van der Waals surface area contributed by atoms with Crippen LogP contribution in [0, 0.1) is 0 Å². The molecule has 0 atom stereocenters. The Morgan fingerprint density at radius 2 is 2.28 bits per heavy atom. The highest BCUT2D eigenvalue weighted by Crippen LogP contribution is 2.14. The minimum absolute atomic E-state index is 0.613. The summed E-state index contributed by atoms with van der Waals surface area (Å²) in [5.74, 6) is 2.15. The van der Waals surface area contributed by atoms with Crippen molar-refractivity contribution < 1.29 is 9.26 Å². The Hall–Kier alpha value is -1.88. The SMILES string of the molecule is CCNCc1nc(Cc2cccc(OC)c2)no1. The smallest absolute Gasteiger partial charge is 0.240 e. The van der Waals surface area contributed by atoms with Crippen LogP contribution in [0.3, 0.4) is 0 Å². The zero-order valence-corrected chi connectivity index (χ0v) is 10.6. The van der Waals surface area contributed by atoms with Crippen molar-refractivity contribution in [2.24, 2.45) is 0 Å². The van der Waals surface area contributed by atoms with Crippen LogP contribution in [0.1, 0.15) is 24.2 Å². The molecular weight excluding hydrogens is 230 g/mol. The summed E-state index contributed by atoms with van der Waals surface area (Å²) in [6.07, 6.45) is 0.646. The first kappa shape index (κ1) is 12.6. The average Bonchev–Trinajstić information content (AvgIpc) is 2.84. The van der Waals surface area contributed by atoms with Gasteiger partial charge in [-0.15, -0.1) is 0 Å². The third-order valence-electron chi connectivity index (χ3n) is 2.53. The van der Waals surface area contributed by atoms with Crippen molar-refractivity contribution in [3.63, 3.8) is 0 Å². The molecule has 2 rings (SSSR count). The van der Waals surface area contributed by atoms with Gasteiger partial charge in [0, 0.05) is 6.42 Å². The summed E-state index contributed by atoms with van der Waals surface area (Å²) < 4.78 is 10.3. The first-order chi connectivity index (χ1) is 8.81. The number of nitrogens with zero attached hydrogens (tertiary/aromatic N) is 2. The molecule has 1 aromatic heterocycles. The fourth-order valence-electron chi connectivity index (χ4n) is 1.63. The van der Waals surface area contributed by atoms with E-state index in [-0.39, 0.29) is 0 Å². The van der Waals surface area contributed by atoms with Gasteiger partial charge in [-0.05, 0) is 24.2 Å². The first-order valence-electron chi connectivity index (χ1n) is 5.97. The normalized spacial score (nSPS) is 10.6. The van der Waals surface area contributed by atoms with Crippen molar-refractivity contribution in [3.8, 4) is 5.75 Å². The van der Waals surface area contributed by atoms with Crippen molar-refractivity contribution in [1.82, 2.24) is 15.5 Å². The maximum absolute atomic E-state index is 5.18. The van der Waals surface area contributed by atoms with Crippen molar-refractivity contribution in [1.29, 1.82) is 0 Å². The molecular formula is C13H17N3O2. The number of hydrogen-bond donors (Lipinski definition) is 1. The molecule has 1 aromatic carbocycles. The molecule has 5 nitrogen and oxygen atoms in total. The zero-order valence-electron chi connectivity index (χ0n) is 10.6. The first-order valence-corrected chi connectivity index (χ1v) is 5.97. The molecule has 1 N–H and O–H groups in total. The Kier molecular flexibility index (Phi) is 4.30. The van der Waals surface area contributed by atoms with E-state index >= 15 is 0 Å². The molecule has 0 radical (unpaired) electrons. The van der Waals surface area contributed by atoms with E-state index in [1.165, 1.54) is 0 Å². The molecule has 18 heavy (non-hydrogen) atoms. The van der Waals surface area contributed by atoms with E-state index in [1.807, 2.05) is 31.2 Å². The van der Waals surface area contributed by atoms with Crippen molar-refractivity contribution in [2.45, 2.75) is 19.9 Å². The number of rotatable bonds is 6. The minimum atomic E-state index is 0.613. The second-order valence-electron chi connectivity index (χ2n) is 3.91. The van der Waals surface area contributed by atoms with E-state index in [2.05, 4.69) is 15.5 Å². The minimum Gasteiger partial charge on any atom is -0.497 e.